The Morgan fingerprint density at radius 3 is 2.15 bits per heavy atom. The van der Waals surface area contributed by atoms with Crippen LogP contribution in [0.5, 0.6) is 0 Å². The lowest BCUT2D eigenvalue weighted by Crippen LogP contribution is -2.53. The maximum atomic E-state index is 12.4. The summed E-state index contributed by atoms with van der Waals surface area (Å²) in [5.41, 5.74) is 0. The summed E-state index contributed by atoms with van der Waals surface area (Å²) in [7, 11) is 0. The molecule has 1 unspecified atom stereocenters. The van der Waals surface area contributed by atoms with E-state index in [1.807, 2.05) is 21.6 Å². The SMILES string of the molecule is Cl.Cl.O=C(CC1CSCCN1)N1CCN(CC(=O)N2CCCCC2)CC1. The normalized spacial score (nSPS) is 24.4. The van der Waals surface area contributed by atoms with Crippen LogP contribution in [0.4, 0.5) is 0 Å². The Balaban J connectivity index is 0.00000169. The number of rotatable bonds is 4. The van der Waals surface area contributed by atoms with Crippen LogP contribution in [0, 0.1) is 0 Å². The van der Waals surface area contributed by atoms with Crippen molar-refractivity contribution in [2.75, 3.05) is 63.9 Å². The predicted molar refractivity (Wildman–Crippen MR) is 112 cm³/mol. The third kappa shape index (κ3) is 7.08. The van der Waals surface area contributed by atoms with Gasteiger partial charge in [-0.2, -0.15) is 11.8 Å². The van der Waals surface area contributed by atoms with Crippen molar-refractivity contribution in [2.24, 2.45) is 0 Å². The number of carbonyl (C=O) groups excluding carboxylic acids is 2. The van der Waals surface area contributed by atoms with Crippen molar-refractivity contribution >= 4 is 48.4 Å². The van der Waals surface area contributed by atoms with Gasteiger partial charge in [0, 0.05) is 69.8 Å². The molecule has 9 heteroatoms. The van der Waals surface area contributed by atoms with Crippen LogP contribution in [0.3, 0.4) is 0 Å². The lowest BCUT2D eigenvalue weighted by atomic mass is 10.1. The van der Waals surface area contributed by atoms with Gasteiger partial charge in [0.15, 0.2) is 0 Å². The molecule has 152 valence electrons. The van der Waals surface area contributed by atoms with Gasteiger partial charge in [-0.15, -0.1) is 24.8 Å². The molecule has 1 atom stereocenters. The highest BCUT2D eigenvalue weighted by Crippen LogP contribution is 2.13. The summed E-state index contributed by atoms with van der Waals surface area (Å²) in [6, 6.07) is 0.329. The second-order valence-corrected chi connectivity index (χ2v) is 8.18. The molecule has 0 aliphatic carbocycles. The van der Waals surface area contributed by atoms with E-state index in [-0.39, 0.29) is 36.6 Å². The number of halogens is 2. The van der Waals surface area contributed by atoms with Gasteiger partial charge in [-0.25, -0.2) is 0 Å². The maximum Gasteiger partial charge on any atom is 0.236 e. The fraction of sp³-hybridized carbons (Fsp3) is 0.882. The summed E-state index contributed by atoms with van der Waals surface area (Å²) >= 11 is 1.93. The molecule has 0 aromatic heterocycles. The number of nitrogens with one attached hydrogen (secondary N) is 1. The number of hydrogen-bond donors (Lipinski definition) is 1. The average molecular weight is 427 g/mol. The number of amides is 2. The number of nitrogens with zero attached hydrogens (tertiary/aromatic N) is 3. The highest BCUT2D eigenvalue weighted by atomic mass is 35.5. The number of hydrogen-bond acceptors (Lipinski definition) is 5. The molecule has 26 heavy (non-hydrogen) atoms. The number of piperazine rings is 1. The van der Waals surface area contributed by atoms with E-state index in [2.05, 4.69) is 10.2 Å². The number of likely N-dealkylation sites (tertiary alicyclic amines) is 1. The molecular formula is C17H32Cl2N4O2S. The van der Waals surface area contributed by atoms with Crippen LogP contribution in [0.25, 0.3) is 0 Å². The minimum absolute atomic E-state index is 0. The molecule has 0 saturated carbocycles. The van der Waals surface area contributed by atoms with Gasteiger partial charge in [-0.3, -0.25) is 14.5 Å². The van der Waals surface area contributed by atoms with E-state index < -0.39 is 0 Å². The summed E-state index contributed by atoms with van der Waals surface area (Å²) < 4.78 is 0. The first-order chi connectivity index (χ1) is 11.7. The maximum absolute atomic E-state index is 12.4. The minimum Gasteiger partial charge on any atom is -0.342 e. The first-order valence-corrected chi connectivity index (χ1v) is 10.5. The van der Waals surface area contributed by atoms with Gasteiger partial charge >= 0.3 is 0 Å². The van der Waals surface area contributed by atoms with E-state index in [9.17, 15) is 9.59 Å². The number of carbonyl (C=O) groups is 2. The molecule has 0 radical (unpaired) electrons. The van der Waals surface area contributed by atoms with Crippen molar-refractivity contribution in [1.29, 1.82) is 0 Å². The van der Waals surface area contributed by atoms with Crippen molar-refractivity contribution in [3.05, 3.63) is 0 Å². The van der Waals surface area contributed by atoms with Gasteiger partial charge in [0.1, 0.15) is 0 Å². The molecular weight excluding hydrogens is 395 g/mol. The zero-order valence-electron chi connectivity index (χ0n) is 15.4. The highest BCUT2D eigenvalue weighted by Gasteiger charge is 2.26. The van der Waals surface area contributed by atoms with Crippen molar-refractivity contribution in [3.63, 3.8) is 0 Å². The Morgan fingerprint density at radius 2 is 1.54 bits per heavy atom. The van der Waals surface area contributed by atoms with Crippen LogP contribution in [-0.4, -0.2) is 96.4 Å². The van der Waals surface area contributed by atoms with Crippen LogP contribution in [0.1, 0.15) is 25.7 Å². The molecule has 3 fully saturated rings. The van der Waals surface area contributed by atoms with Gasteiger partial charge in [-0.05, 0) is 19.3 Å². The smallest absolute Gasteiger partial charge is 0.236 e. The molecule has 3 saturated heterocycles. The molecule has 6 nitrogen and oxygen atoms in total. The Morgan fingerprint density at radius 1 is 0.885 bits per heavy atom. The van der Waals surface area contributed by atoms with E-state index >= 15 is 0 Å². The third-order valence-corrected chi connectivity index (χ3v) is 6.34. The summed E-state index contributed by atoms with van der Waals surface area (Å²) in [5.74, 6) is 2.71. The molecule has 2 amide bonds. The molecule has 3 aliphatic rings. The molecule has 3 heterocycles. The molecule has 1 N–H and O–H groups in total. The van der Waals surface area contributed by atoms with E-state index in [1.54, 1.807) is 0 Å². The van der Waals surface area contributed by atoms with E-state index in [0.717, 1.165) is 70.2 Å². The second kappa shape index (κ2) is 12.3. The average Bonchev–Trinajstić information content (AvgIpc) is 2.64. The zero-order valence-corrected chi connectivity index (χ0v) is 17.8. The van der Waals surface area contributed by atoms with Crippen LogP contribution in [-0.2, 0) is 9.59 Å². The number of piperidine rings is 1. The fourth-order valence-corrected chi connectivity index (χ4v) is 4.63. The Kier molecular flexibility index (Phi) is 11.3. The monoisotopic (exact) mass is 426 g/mol. The zero-order chi connectivity index (χ0) is 16.8. The molecule has 0 bridgehead atoms. The van der Waals surface area contributed by atoms with Gasteiger partial charge < -0.3 is 15.1 Å². The van der Waals surface area contributed by atoms with E-state index in [0.29, 0.717) is 19.0 Å². The Hall–Kier alpha value is -0.210. The van der Waals surface area contributed by atoms with Gasteiger partial charge in [0.05, 0.1) is 6.54 Å². The van der Waals surface area contributed by atoms with Crippen LogP contribution in [0.2, 0.25) is 0 Å². The van der Waals surface area contributed by atoms with E-state index in [1.165, 1.54) is 6.42 Å². The molecule has 0 aromatic rings. The fourth-order valence-electron chi connectivity index (χ4n) is 3.68. The van der Waals surface area contributed by atoms with Crippen LogP contribution < -0.4 is 5.32 Å². The summed E-state index contributed by atoms with van der Waals surface area (Å²) in [6.07, 6.45) is 4.14. The largest absolute Gasteiger partial charge is 0.342 e. The molecule has 3 rings (SSSR count). The topological polar surface area (TPSA) is 55.9 Å². The summed E-state index contributed by atoms with van der Waals surface area (Å²) in [5, 5.41) is 3.43. The summed E-state index contributed by atoms with van der Waals surface area (Å²) in [6.45, 7) is 6.51. The van der Waals surface area contributed by atoms with Crippen LogP contribution >= 0.6 is 36.6 Å². The van der Waals surface area contributed by atoms with Crippen molar-refractivity contribution in [1.82, 2.24) is 20.0 Å². The first-order valence-electron chi connectivity index (χ1n) is 9.31. The Bertz CT molecular complexity index is 438. The van der Waals surface area contributed by atoms with Gasteiger partial charge in [0.2, 0.25) is 11.8 Å². The third-order valence-electron chi connectivity index (χ3n) is 5.21. The lowest BCUT2D eigenvalue weighted by Gasteiger charge is -2.36. The first kappa shape index (κ1) is 23.8. The molecule has 3 aliphatic heterocycles. The van der Waals surface area contributed by atoms with Gasteiger partial charge in [0.25, 0.3) is 0 Å². The summed E-state index contributed by atoms with van der Waals surface area (Å²) in [4.78, 5) is 30.9. The minimum atomic E-state index is 0. The molecule has 0 aromatic carbocycles. The Labute approximate surface area is 173 Å². The van der Waals surface area contributed by atoms with Crippen LogP contribution in [0.15, 0.2) is 0 Å². The van der Waals surface area contributed by atoms with E-state index in [4.69, 9.17) is 0 Å². The van der Waals surface area contributed by atoms with Crippen molar-refractivity contribution < 1.29 is 9.59 Å². The van der Waals surface area contributed by atoms with Crippen molar-refractivity contribution in [3.8, 4) is 0 Å². The standard InChI is InChI=1S/C17H30N4O2S.2ClH/c22-16(12-15-14-24-11-4-18-15)21-9-7-19(8-10-21)13-17(23)20-5-2-1-3-6-20;;/h15,18H,1-14H2;2*1H. The van der Waals surface area contributed by atoms with Gasteiger partial charge in [-0.1, -0.05) is 0 Å². The quantitative estimate of drug-likeness (QED) is 0.728. The number of thioether (sulfide) groups is 1. The highest BCUT2D eigenvalue weighted by molar-refractivity contribution is 7.99. The van der Waals surface area contributed by atoms with Crippen molar-refractivity contribution in [2.45, 2.75) is 31.7 Å². The molecule has 0 spiro atoms. The predicted octanol–water partition coefficient (Wildman–Crippen LogP) is 1.08. The second-order valence-electron chi connectivity index (χ2n) is 7.03. The lowest BCUT2D eigenvalue weighted by molar-refractivity contribution is -0.135.